The maximum Gasteiger partial charge on any atom is 0.262 e. The number of hydrogen-bond acceptors (Lipinski definition) is 3. The van der Waals surface area contributed by atoms with E-state index in [4.69, 9.17) is 16.3 Å². The topological polar surface area (TPSA) is 58.6 Å². The van der Waals surface area contributed by atoms with Gasteiger partial charge in [0.05, 0.1) is 6.10 Å². The molecule has 0 radical (unpaired) electrons. The number of hydrogen-bond donors (Lipinski definition) is 2. The number of benzene rings is 2. The van der Waals surface area contributed by atoms with Crippen molar-refractivity contribution >= 4 is 23.2 Å². The van der Waals surface area contributed by atoms with E-state index >= 15 is 0 Å². The highest BCUT2D eigenvalue weighted by atomic mass is 35.5. The number of ether oxygens (including phenoxy) is 1. The predicted octanol–water partition coefficient (Wildman–Crippen LogP) is 3.41. The first kappa shape index (κ1) is 15.4. The fourth-order valence-electron chi connectivity index (χ4n) is 1.78. The van der Waals surface area contributed by atoms with E-state index in [0.717, 1.165) is 5.56 Å². The van der Waals surface area contributed by atoms with Crippen molar-refractivity contribution < 1.29 is 14.6 Å². The van der Waals surface area contributed by atoms with Gasteiger partial charge in [-0.05, 0) is 42.8 Å². The van der Waals surface area contributed by atoms with Crippen molar-refractivity contribution in [2.24, 2.45) is 0 Å². The molecule has 4 nitrogen and oxygen atoms in total. The van der Waals surface area contributed by atoms with Crippen LogP contribution >= 0.6 is 11.6 Å². The Morgan fingerprint density at radius 3 is 2.76 bits per heavy atom. The highest BCUT2D eigenvalue weighted by Gasteiger charge is 2.06. The maximum absolute atomic E-state index is 11.8. The van der Waals surface area contributed by atoms with Gasteiger partial charge in [0.2, 0.25) is 0 Å². The highest BCUT2D eigenvalue weighted by molar-refractivity contribution is 6.30. The lowest BCUT2D eigenvalue weighted by atomic mass is 10.1. The van der Waals surface area contributed by atoms with Crippen LogP contribution in [0.2, 0.25) is 5.02 Å². The van der Waals surface area contributed by atoms with Crippen LogP contribution in [0, 0.1) is 0 Å². The van der Waals surface area contributed by atoms with Crippen LogP contribution in [-0.2, 0) is 4.79 Å². The van der Waals surface area contributed by atoms with Crippen LogP contribution in [0.4, 0.5) is 5.69 Å². The predicted molar refractivity (Wildman–Crippen MR) is 82.7 cm³/mol. The van der Waals surface area contributed by atoms with Crippen LogP contribution < -0.4 is 10.1 Å². The molecule has 0 aliphatic heterocycles. The van der Waals surface area contributed by atoms with Gasteiger partial charge >= 0.3 is 0 Å². The highest BCUT2D eigenvalue weighted by Crippen LogP contribution is 2.19. The largest absolute Gasteiger partial charge is 0.484 e. The van der Waals surface area contributed by atoms with Gasteiger partial charge < -0.3 is 15.2 Å². The second-order valence-electron chi connectivity index (χ2n) is 4.60. The molecule has 2 aromatic rings. The number of halogens is 1. The molecule has 21 heavy (non-hydrogen) atoms. The Morgan fingerprint density at radius 1 is 1.29 bits per heavy atom. The first-order valence-electron chi connectivity index (χ1n) is 6.51. The molecule has 0 aliphatic rings. The Labute approximate surface area is 128 Å². The van der Waals surface area contributed by atoms with Gasteiger partial charge in [-0.15, -0.1) is 0 Å². The van der Waals surface area contributed by atoms with Crippen LogP contribution in [0.3, 0.4) is 0 Å². The van der Waals surface area contributed by atoms with Gasteiger partial charge in [0, 0.05) is 10.7 Å². The fourth-order valence-corrected chi connectivity index (χ4v) is 1.97. The molecule has 2 aromatic carbocycles. The summed E-state index contributed by atoms with van der Waals surface area (Å²) in [7, 11) is 0. The van der Waals surface area contributed by atoms with E-state index in [1.54, 1.807) is 55.5 Å². The van der Waals surface area contributed by atoms with Crippen molar-refractivity contribution in [1.82, 2.24) is 0 Å². The zero-order valence-corrected chi connectivity index (χ0v) is 12.3. The summed E-state index contributed by atoms with van der Waals surface area (Å²) in [4.78, 5) is 11.8. The van der Waals surface area contributed by atoms with Crippen molar-refractivity contribution in [3.05, 3.63) is 59.1 Å². The van der Waals surface area contributed by atoms with Gasteiger partial charge in [0.25, 0.3) is 5.91 Å². The molecule has 0 spiro atoms. The molecule has 2 rings (SSSR count). The van der Waals surface area contributed by atoms with E-state index in [2.05, 4.69) is 5.32 Å². The van der Waals surface area contributed by atoms with Crippen LogP contribution in [0.5, 0.6) is 5.75 Å². The minimum atomic E-state index is -0.575. The molecular weight excluding hydrogens is 290 g/mol. The minimum Gasteiger partial charge on any atom is -0.484 e. The van der Waals surface area contributed by atoms with Crippen molar-refractivity contribution in [2.75, 3.05) is 11.9 Å². The lowest BCUT2D eigenvalue weighted by molar-refractivity contribution is -0.118. The quantitative estimate of drug-likeness (QED) is 0.890. The molecule has 5 heteroatoms. The standard InChI is InChI=1S/C16H16ClNO3/c1-11(19)12-4-2-7-15(8-12)21-10-16(20)18-14-6-3-5-13(17)9-14/h2-9,11,19H,10H2,1H3,(H,18,20). The van der Waals surface area contributed by atoms with Gasteiger partial charge in [-0.1, -0.05) is 29.8 Å². The van der Waals surface area contributed by atoms with Crippen LogP contribution in [0.25, 0.3) is 0 Å². The van der Waals surface area contributed by atoms with Crippen molar-refractivity contribution in [3.63, 3.8) is 0 Å². The Balaban J connectivity index is 1.90. The number of amides is 1. The summed E-state index contributed by atoms with van der Waals surface area (Å²) in [6.07, 6.45) is -0.575. The van der Waals surface area contributed by atoms with Crippen molar-refractivity contribution in [3.8, 4) is 5.75 Å². The summed E-state index contributed by atoms with van der Waals surface area (Å²) in [5.41, 5.74) is 1.36. The maximum atomic E-state index is 11.8. The van der Waals surface area contributed by atoms with E-state index in [1.807, 2.05) is 0 Å². The molecule has 110 valence electrons. The summed E-state index contributed by atoms with van der Waals surface area (Å²) < 4.78 is 5.40. The van der Waals surface area contributed by atoms with Crippen LogP contribution in [-0.4, -0.2) is 17.6 Å². The molecule has 2 N–H and O–H groups in total. The molecule has 1 atom stereocenters. The number of aliphatic hydroxyl groups is 1. The number of nitrogens with one attached hydrogen (secondary N) is 1. The van der Waals surface area contributed by atoms with Crippen molar-refractivity contribution in [1.29, 1.82) is 0 Å². The van der Waals surface area contributed by atoms with E-state index in [1.165, 1.54) is 0 Å². The number of carbonyl (C=O) groups is 1. The molecule has 0 fully saturated rings. The van der Waals surface area contributed by atoms with Gasteiger partial charge in [-0.25, -0.2) is 0 Å². The molecule has 0 saturated carbocycles. The van der Waals surface area contributed by atoms with E-state index < -0.39 is 6.10 Å². The van der Waals surface area contributed by atoms with E-state index in [0.29, 0.717) is 16.5 Å². The lowest BCUT2D eigenvalue weighted by Crippen LogP contribution is -2.20. The number of rotatable bonds is 5. The number of anilines is 1. The lowest BCUT2D eigenvalue weighted by Gasteiger charge is -2.10. The molecule has 0 aliphatic carbocycles. The number of carbonyl (C=O) groups excluding carboxylic acids is 1. The SMILES string of the molecule is CC(O)c1cccc(OCC(=O)Nc2cccc(Cl)c2)c1. The third-order valence-corrected chi connectivity index (χ3v) is 3.05. The number of aliphatic hydroxyl groups excluding tert-OH is 1. The summed E-state index contributed by atoms with van der Waals surface area (Å²) >= 11 is 5.84. The smallest absolute Gasteiger partial charge is 0.262 e. The Morgan fingerprint density at radius 2 is 2.05 bits per heavy atom. The third-order valence-electron chi connectivity index (χ3n) is 2.82. The fraction of sp³-hybridized carbons (Fsp3) is 0.188. The first-order valence-corrected chi connectivity index (χ1v) is 6.88. The average molecular weight is 306 g/mol. The van der Waals surface area contributed by atoms with Gasteiger partial charge in [0.1, 0.15) is 5.75 Å². The second kappa shape index (κ2) is 7.11. The summed E-state index contributed by atoms with van der Waals surface area (Å²) in [6.45, 7) is 1.56. The van der Waals surface area contributed by atoms with Gasteiger partial charge in [0.15, 0.2) is 6.61 Å². The summed E-state index contributed by atoms with van der Waals surface area (Å²) in [5.74, 6) is 0.259. The van der Waals surface area contributed by atoms with Gasteiger partial charge in [-0.2, -0.15) is 0 Å². The Hall–Kier alpha value is -2.04. The first-order chi connectivity index (χ1) is 10.0. The molecule has 0 saturated heterocycles. The summed E-state index contributed by atoms with van der Waals surface area (Å²) in [6, 6.07) is 13.9. The molecule has 0 aromatic heterocycles. The summed E-state index contributed by atoms with van der Waals surface area (Å²) in [5, 5.41) is 12.7. The van der Waals surface area contributed by atoms with Crippen LogP contribution in [0.15, 0.2) is 48.5 Å². The molecule has 0 heterocycles. The molecule has 1 unspecified atom stereocenters. The Bertz CT molecular complexity index is 628. The second-order valence-corrected chi connectivity index (χ2v) is 5.03. The van der Waals surface area contributed by atoms with Crippen LogP contribution in [0.1, 0.15) is 18.6 Å². The Kier molecular flexibility index (Phi) is 5.20. The normalized spacial score (nSPS) is 11.8. The van der Waals surface area contributed by atoms with E-state index in [9.17, 15) is 9.90 Å². The minimum absolute atomic E-state index is 0.115. The monoisotopic (exact) mass is 305 g/mol. The third kappa shape index (κ3) is 4.77. The zero-order valence-electron chi connectivity index (χ0n) is 11.5. The average Bonchev–Trinajstić information content (AvgIpc) is 2.45. The van der Waals surface area contributed by atoms with Gasteiger partial charge in [-0.3, -0.25) is 4.79 Å². The molecular formula is C16H16ClNO3. The van der Waals surface area contributed by atoms with E-state index in [-0.39, 0.29) is 12.5 Å². The zero-order chi connectivity index (χ0) is 15.2. The molecule has 1 amide bonds. The van der Waals surface area contributed by atoms with Crippen molar-refractivity contribution in [2.45, 2.75) is 13.0 Å². The molecule has 0 bridgehead atoms.